The van der Waals surface area contributed by atoms with E-state index >= 15 is 0 Å². The number of hydrogen-bond acceptors (Lipinski definition) is 2. The van der Waals surface area contributed by atoms with Gasteiger partial charge < -0.3 is 5.73 Å². The van der Waals surface area contributed by atoms with Crippen LogP contribution >= 0.6 is 11.3 Å². The van der Waals surface area contributed by atoms with Crippen LogP contribution in [0.25, 0.3) is 4.85 Å². The molecule has 2 nitrogen and oxygen atoms in total. The second-order valence-electron chi connectivity index (χ2n) is 1.72. The minimum absolute atomic E-state index is 0.581. The lowest BCUT2D eigenvalue weighted by atomic mass is 10.4. The van der Waals surface area contributed by atoms with E-state index in [0.29, 0.717) is 10.7 Å². The van der Waals surface area contributed by atoms with Gasteiger partial charge in [0.15, 0.2) is 0 Å². The van der Waals surface area contributed by atoms with Gasteiger partial charge >= 0.3 is 0 Å². The van der Waals surface area contributed by atoms with E-state index in [9.17, 15) is 0 Å². The zero-order valence-electron chi connectivity index (χ0n) is 5.01. The first-order valence-electron chi connectivity index (χ1n) is 2.47. The van der Waals surface area contributed by atoms with Crippen LogP contribution in [0.15, 0.2) is 6.07 Å². The molecule has 0 atom stereocenters. The molecule has 9 heavy (non-hydrogen) atoms. The summed E-state index contributed by atoms with van der Waals surface area (Å²) in [6.45, 7) is 8.59. The fourth-order valence-electron chi connectivity index (χ4n) is 0.606. The van der Waals surface area contributed by atoms with E-state index in [1.54, 1.807) is 6.07 Å². The van der Waals surface area contributed by atoms with Gasteiger partial charge in [-0.15, -0.1) is 11.3 Å². The first-order valence-corrected chi connectivity index (χ1v) is 3.29. The van der Waals surface area contributed by atoms with Gasteiger partial charge in [-0.3, -0.25) is 0 Å². The van der Waals surface area contributed by atoms with Crippen LogP contribution in [0.1, 0.15) is 4.88 Å². The number of thiophene rings is 1. The molecule has 1 aromatic heterocycles. The minimum atomic E-state index is 0.581. The summed E-state index contributed by atoms with van der Waals surface area (Å²) in [5, 5.41) is 0.627. The highest BCUT2D eigenvalue weighted by atomic mass is 32.1. The van der Waals surface area contributed by atoms with Crippen molar-refractivity contribution < 1.29 is 0 Å². The van der Waals surface area contributed by atoms with Gasteiger partial charge in [-0.05, 0) is 17.9 Å². The van der Waals surface area contributed by atoms with Crippen LogP contribution in [0.5, 0.6) is 0 Å². The zero-order valence-corrected chi connectivity index (χ0v) is 5.83. The summed E-state index contributed by atoms with van der Waals surface area (Å²) < 4.78 is 0. The predicted molar refractivity (Wildman–Crippen MR) is 39.7 cm³/mol. The average molecular weight is 138 g/mol. The Bertz CT molecular complexity index is 257. The third-order valence-electron chi connectivity index (χ3n) is 0.984. The van der Waals surface area contributed by atoms with E-state index < -0.39 is 0 Å². The molecule has 0 aliphatic heterocycles. The first-order chi connectivity index (χ1) is 4.24. The molecule has 46 valence electrons. The summed E-state index contributed by atoms with van der Waals surface area (Å²) in [6, 6.07) is 1.80. The molecular formula is C6H6N2S. The van der Waals surface area contributed by atoms with Crippen molar-refractivity contribution in [2.24, 2.45) is 0 Å². The molecule has 0 aromatic carbocycles. The molecule has 1 aromatic rings. The Labute approximate surface area is 57.7 Å². The highest BCUT2D eigenvalue weighted by molar-refractivity contribution is 7.16. The maximum Gasteiger partial charge on any atom is 0.220 e. The summed E-state index contributed by atoms with van der Waals surface area (Å²) in [5.74, 6) is 0. The van der Waals surface area contributed by atoms with Crippen LogP contribution in [-0.4, -0.2) is 0 Å². The van der Waals surface area contributed by atoms with Gasteiger partial charge in [-0.1, -0.05) is 0 Å². The monoisotopic (exact) mass is 138 g/mol. The van der Waals surface area contributed by atoms with Crippen LogP contribution < -0.4 is 5.73 Å². The Hall–Kier alpha value is -1.01. The number of rotatable bonds is 0. The second-order valence-corrected chi connectivity index (χ2v) is 3.01. The first kappa shape index (κ1) is 6.12. The standard InChI is InChI=1S/C6H6N2S/c1-4-3-5(8-2)6(7)9-4/h3H,7H2,1H3. The Morgan fingerprint density at radius 3 is 2.67 bits per heavy atom. The van der Waals surface area contributed by atoms with Crippen molar-refractivity contribution >= 4 is 22.0 Å². The van der Waals surface area contributed by atoms with Gasteiger partial charge in [0.25, 0.3) is 0 Å². The van der Waals surface area contributed by atoms with Gasteiger partial charge in [-0.2, -0.15) is 0 Å². The summed E-state index contributed by atoms with van der Waals surface area (Å²) in [5.41, 5.74) is 6.04. The van der Waals surface area contributed by atoms with Crippen LogP contribution in [-0.2, 0) is 0 Å². The third-order valence-corrected chi connectivity index (χ3v) is 1.85. The van der Waals surface area contributed by atoms with Crippen LogP contribution in [0.2, 0.25) is 0 Å². The highest BCUT2D eigenvalue weighted by Gasteiger charge is 2.00. The third kappa shape index (κ3) is 1.03. The second kappa shape index (κ2) is 2.08. The van der Waals surface area contributed by atoms with Gasteiger partial charge in [0.05, 0.1) is 11.6 Å². The van der Waals surface area contributed by atoms with E-state index in [1.807, 2.05) is 6.92 Å². The Morgan fingerprint density at radius 1 is 1.78 bits per heavy atom. The normalized spacial score (nSPS) is 8.89. The van der Waals surface area contributed by atoms with Crippen molar-refractivity contribution in [1.29, 1.82) is 0 Å². The van der Waals surface area contributed by atoms with Gasteiger partial charge in [-0.25, -0.2) is 4.85 Å². The number of aryl methyl sites for hydroxylation is 1. The van der Waals surface area contributed by atoms with E-state index in [4.69, 9.17) is 12.3 Å². The molecule has 0 spiro atoms. The van der Waals surface area contributed by atoms with E-state index in [0.717, 1.165) is 4.88 Å². The molecule has 0 aliphatic rings. The number of hydrogen-bond donors (Lipinski definition) is 1. The fourth-order valence-corrected chi connectivity index (χ4v) is 1.33. The van der Waals surface area contributed by atoms with E-state index in [1.165, 1.54) is 11.3 Å². The van der Waals surface area contributed by atoms with Crippen molar-refractivity contribution in [2.75, 3.05) is 5.73 Å². The SMILES string of the molecule is [C-]#[N+]c1cc(C)sc1N. The lowest BCUT2D eigenvalue weighted by Crippen LogP contribution is -1.74. The smallest absolute Gasteiger partial charge is 0.220 e. The highest BCUT2D eigenvalue weighted by Crippen LogP contribution is 2.31. The van der Waals surface area contributed by atoms with Crippen LogP contribution in [0.3, 0.4) is 0 Å². The Balaban J connectivity index is 3.20. The minimum Gasteiger partial charge on any atom is -0.399 e. The Morgan fingerprint density at radius 2 is 2.44 bits per heavy atom. The van der Waals surface area contributed by atoms with E-state index in [-0.39, 0.29) is 0 Å². The zero-order chi connectivity index (χ0) is 6.85. The van der Waals surface area contributed by atoms with Crippen LogP contribution in [0, 0.1) is 13.5 Å². The van der Waals surface area contributed by atoms with E-state index in [2.05, 4.69) is 4.85 Å². The number of nitrogen functional groups attached to an aromatic ring is 1. The van der Waals surface area contributed by atoms with Crippen molar-refractivity contribution in [3.63, 3.8) is 0 Å². The lowest BCUT2D eigenvalue weighted by Gasteiger charge is -1.79. The maximum absolute atomic E-state index is 6.65. The summed E-state index contributed by atoms with van der Waals surface area (Å²) in [6.07, 6.45) is 0. The number of anilines is 1. The molecule has 0 unspecified atom stereocenters. The summed E-state index contributed by atoms with van der Waals surface area (Å²) >= 11 is 1.46. The fraction of sp³-hybridized carbons (Fsp3) is 0.167. The van der Waals surface area contributed by atoms with Crippen molar-refractivity contribution in [3.8, 4) is 0 Å². The quantitative estimate of drug-likeness (QED) is 0.547. The van der Waals surface area contributed by atoms with Crippen LogP contribution in [0.4, 0.5) is 10.7 Å². The molecule has 1 rings (SSSR count). The Kier molecular flexibility index (Phi) is 1.41. The molecule has 0 amide bonds. The average Bonchev–Trinajstić information content (AvgIpc) is 2.10. The lowest BCUT2D eigenvalue weighted by molar-refractivity contribution is 1.64. The predicted octanol–water partition coefficient (Wildman–Crippen LogP) is 2.19. The largest absolute Gasteiger partial charge is 0.399 e. The molecule has 0 aliphatic carbocycles. The molecule has 0 saturated heterocycles. The molecule has 0 radical (unpaired) electrons. The van der Waals surface area contributed by atoms with Crippen molar-refractivity contribution in [3.05, 3.63) is 22.4 Å². The number of nitrogens with zero attached hydrogens (tertiary/aromatic N) is 1. The molecule has 0 fully saturated rings. The van der Waals surface area contributed by atoms with Gasteiger partial charge in [0, 0.05) is 0 Å². The molecular weight excluding hydrogens is 132 g/mol. The molecule has 1 heterocycles. The topological polar surface area (TPSA) is 30.4 Å². The van der Waals surface area contributed by atoms with Crippen molar-refractivity contribution in [1.82, 2.24) is 0 Å². The summed E-state index contributed by atoms with van der Waals surface area (Å²) in [7, 11) is 0. The molecule has 0 saturated carbocycles. The molecule has 3 heteroatoms. The summed E-state index contributed by atoms with van der Waals surface area (Å²) in [4.78, 5) is 4.32. The maximum atomic E-state index is 6.65. The van der Waals surface area contributed by atoms with Gasteiger partial charge in [0.2, 0.25) is 5.69 Å². The molecule has 2 N–H and O–H groups in total. The molecule has 0 bridgehead atoms. The van der Waals surface area contributed by atoms with Gasteiger partial charge in [0.1, 0.15) is 0 Å². The number of nitrogens with two attached hydrogens (primary N) is 1. The van der Waals surface area contributed by atoms with Crippen molar-refractivity contribution in [2.45, 2.75) is 6.92 Å².